The summed E-state index contributed by atoms with van der Waals surface area (Å²) in [5, 5.41) is 0. The van der Waals surface area contributed by atoms with Crippen LogP contribution in [-0.2, 0) is 9.22 Å². The van der Waals surface area contributed by atoms with Crippen LogP contribution >= 0.6 is 11.1 Å². The van der Waals surface area contributed by atoms with E-state index in [2.05, 4.69) is 4.99 Å². The third-order valence-electron chi connectivity index (χ3n) is 1.40. The van der Waals surface area contributed by atoms with Crippen molar-refractivity contribution in [1.29, 1.82) is 0 Å². The summed E-state index contributed by atoms with van der Waals surface area (Å²) in [5.41, 5.74) is 0. The smallest absolute Gasteiger partial charge is 0.287 e. The van der Waals surface area contributed by atoms with Gasteiger partial charge in [-0.2, -0.15) is 0 Å². The first-order valence-corrected chi connectivity index (χ1v) is 7.61. The molecule has 1 unspecified atom stereocenters. The first-order chi connectivity index (χ1) is 5.62. The van der Waals surface area contributed by atoms with E-state index in [-0.39, 0.29) is 0 Å². The van der Waals surface area contributed by atoms with E-state index >= 15 is 0 Å². The second-order valence-electron chi connectivity index (χ2n) is 2.61. The van der Waals surface area contributed by atoms with Gasteiger partial charge in [-0.15, -0.1) is 11.1 Å². The lowest BCUT2D eigenvalue weighted by Crippen LogP contribution is -2.27. The minimum absolute atomic E-state index is 0.506. The van der Waals surface area contributed by atoms with Gasteiger partial charge in [-0.05, 0) is 25.9 Å². The van der Waals surface area contributed by atoms with Gasteiger partial charge in [0.1, 0.15) is 0 Å². The van der Waals surface area contributed by atoms with E-state index in [1.807, 2.05) is 13.5 Å². The molecule has 0 aromatic carbocycles. The molecule has 0 bridgehead atoms. The second kappa shape index (κ2) is 6.37. The van der Waals surface area contributed by atoms with Gasteiger partial charge in [-0.3, -0.25) is 0 Å². The van der Waals surface area contributed by atoms with E-state index < -0.39 is 7.63 Å². The molecular formula is C7H14ClNO2Si. The van der Waals surface area contributed by atoms with Gasteiger partial charge < -0.3 is 4.43 Å². The zero-order valence-corrected chi connectivity index (χ0v) is 9.23. The second-order valence-corrected chi connectivity index (χ2v) is 8.00. The molecule has 0 amide bonds. The topological polar surface area (TPSA) is 38.7 Å². The number of isocyanates is 1. The Balaban J connectivity index is 3.52. The number of hydrogen-bond acceptors (Lipinski definition) is 3. The van der Waals surface area contributed by atoms with Gasteiger partial charge in [0.25, 0.3) is 7.63 Å². The average Bonchev–Trinajstić information content (AvgIpc) is 1.98. The van der Waals surface area contributed by atoms with E-state index in [0.717, 1.165) is 12.5 Å². The quantitative estimate of drug-likeness (QED) is 0.220. The van der Waals surface area contributed by atoms with E-state index in [4.69, 9.17) is 15.5 Å². The lowest BCUT2D eigenvalue weighted by molar-refractivity contribution is 0.338. The molecule has 1 atom stereocenters. The monoisotopic (exact) mass is 207 g/mol. The molecule has 0 aliphatic carbocycles. The molecule has 0 saturated carbocycles. The number of carbonyl (C=O) groups excluding carboxylic acids is 1. The molecule has 0 aliphatic heterocycles. The van der Waals surface area contributed by atoms with Crippen LogP contribution in [0.15, 0.2) is 4.99 Å². The molecule has 0 rings (SSSR count). The molecule has 0 radical (unpaired) electrons. The number of aliphatic imine (C=N–C) groups is 1. The third-order valence-corrected chi connectivity index (χ3v) is 4.43. The standard InChI is InChI=1S/C7H14ClNO2Si/c1-3-11-12(2,8)6-4-5-9-7-10/h3-6H2,1-2H3. The minimum Gasteiger partial charge on any atom is -0.403 e. The molecule has 0 spiro atoms. The Morgan fingerprint density at radius 2 is 2.33 bits per heavy atom. The van der Waals surface area contributed by atoms with Crippen LogP contribution in [0.25, 0.3) is 0 Å². The predicted molar refractivity (Wildman–Crippen MR) is 51.5 cm³/mol. The third kappa shape index (κ3) is 6.55. The van der Waals surface area contributed by atoms with Crippen molar-refractivity contribution in [2.45, 2.75) is 25.9 Å². The van der Waals surface area contributed by atoms with Crippen LogP contribution in [0.2, 0.25) is 12.6 Å². The van der Waals surface area contributed by atoms with Gasteiger partial charge in [0.05, 0.1) is 6.54 Å². The summed E-state index contributed by atoms with van der Waals surface area (Å²) in [7, 11) is -1.97. The molecule has 70 valence electrons. The average molecular weight is 208 g/mol. The summed E-state index contributed by atoms with van der Waals surface area (Å²) >= 11 is 6.09. The van der Waals surface area contributed by atoms with Crippen LogP contribution in [0, 0.1) is 0 Å². The first kappa shape index (κ1) is 11.8. The highest BCUT2D eigenvalue weighted by Gasteiger charge is 2.24. The fourth-order valence-electron chi connectivity index (χ4n) is 0.893. The molecule has 0 aromatic rings. The number of hydrogen-bond donors (Lipinski definition) is 0. The highest BCUT2D eigenvalue weighted by atomic mass is 35.6. The van der Waals surface area contributed by atoms with Crippen LogP contribution in [0.4, 0.5) is 0 Å². The minimum atomic E-state index is -1.97. The van der Waals surface area contributed by atoms with E-state index in [9.17, 15) is 4.79 Å². The molecule has 3 nitrogen and oxygen atoms in total. The SMILES string of the molecule is CCO[Si](C)(Cl)CCCN=C=O. The Kier molecular flexibility index (Phi) is 6.29. The van der Waals surface area contributed by atoms with Gasteiger partial charge in [-0.25, -0.2) is 9.79 Å². The molecular weight excluding hydrogens is 194 g/mol. The molecule has 0 saturated heterocycles. The van der Waals surface area contributed by atoms with Crippen molar-refractivity contribution in [3.8, 4) is 0 Å². The summed E-state index contributed by atoms with van der Waals surface area (Å²) in [5.74, 6) is 0. The maximum atomic E-state index is 9.71. The lowest BCUT2D eigenvalue weighted by atomic mass is 10.5. The van der Waals surface area contributed by atoms with E-state index in [1.54, 1.807) is 0 Å². The molecule has 5 heteroatoms. The van der Waals surface area contributed by atoms with Crippen LogP contribution in [0.3, 0.4) is 0 Å². The van der Waals surface area contributed by atoms with Crippen molar-refractivity contribution in [1.82, 2.24) is 0 Å². The fourth-order valence-corrected chi connectivity index (χ4v) is 3.16. The summed E-state index contributed by atoms with van der Waals surface area (Å²) in [6, 6.07) is 0.827. The zero-order valence-electron chi connectivity index (χ0n) is 7.47. The molecule has 0 fully saturated rings. The Morgan fingerprint density at radius 3 is 2.83 bits per heavy atom. The molecule has 0 aliphatic rings. The van der Waals surface area contributed by atoms with Crippen molar-refractivity contribution in [2.75, 3.05) is 13.2 Å². The van der Waals surface area contributed by atoms with Crippen molar-refractivity contribution in [2.24, 2.45) is 4.99 Å². The molecule has 12 heavy (non-hydrogen) atoms. The Labute approximate surface area is 78.6 Å². The van der Waals surface area contributed by atoms with Gasteiger partial charge in [0.2, 0.25) is 6.08 Å². The Hall–Kier alpha value is -0.153. The van der Waals surface area contributed by atoms with Gasteiger partial charge >= 0.3 is 0 Å². The predicted octanol–water partition coefficient (Wildman–Crippen LogP) is 2.06. The fraction of sp³-hybridized carbons (Fsp3) is 0.857. The number of halogens is 1. The maximum Gasteiger partial charge on any atom is 0.287 e. The Bertz CT molecular complexity index is 169. The lowest BCUT2D eigenvalue weighted by Gasteiger charge is -2.17. The zero-order chi connectivity index (χ0) is 9.45. The highest BCUT2D eigenvalue weighted by molar-refractivity contribution is 7.16. The summed E-state index contributed by atoms with van der Waals surface area (Å²) < 4.78 is 5.37. The Morgan fingerprint density at radius 1 is 1.67 bits per heavy atom. The van der Waals surface area contributed by atoms with Crippen LogP contribution in [0.1, 0.15) is 13.3 Å². The maximum absolute atomic E-state index is 9.71. The van der Waals surface area contributed by atoms with Crippen LogP contribution in [-0.4, -0.2) is 26.9 Å². The number of rotatable bonds is 6. The van der Waals surface area contributed by atoms with Crippen LogP contribution < -0.4 is 0 Å². The van der Waals surface area contributed by atoms with Gasteiger partial charge in [-0.1, -0.05) is 0 Å². The van der Waals surface area contributed by atoms with Crippen molar-refractivity contribution >= 4 is 24.8 Å². The normalized spacial score (nSPS) is 14.9. The van der Waals surface area contributed by atoms with E-state index in [0.29, 0.717) is 13.2 Å². The largest absolute Gasteiger partial charge is 0.403 e. The van der Waals surface area contributed by atoms with E-state index in [1.165, 1.54) is 6.08 Å². The molecule has 0 heterocycles. The van der Waals surface area contributed by atoms with Gasteiger partial charge in [0.15, 0.2) is 0 Å². The highest BCUT2D eigenvalue weighted by Crippen LogP contribution is 2.18. The van der Waals surface area contributed by atoms with Gasteiger partial charge in [0, 0.05) is 6.61 Å². The van der Waals surface area contributed by atoms with Crippen molar-refractivity contribution < 1.29 is 9.22 Å². The van der Waals surface area contributed by atoms with Crippen molar-refractivity contribution in [3.63, 3.8) is 0 Å². The summed E-state index contributed by atoms with van der Waals surface area (Å²) in [4.78, 5) is 13.1. The van der Waals surface area contributed by atoms with Crippen LogP contribution in [0.5, 0.6) is 0 Å². The number of nitrogens with zero attached hydrogens (tertiary/aromatic N) is 1. The molecule has 0 N–H and O–H groups in total. The first-order valence-electron chi connectivity index (χ1n) is 3.99. The summed E-state index contributed by atoms with van der Waals surface area (Å²) in [6.07, 6.45) is 2.30. The van der Waals surface area contributed by atoms with Crippen molar-refractivity contribution in [3.05, 3.63) is 0 Å². The molecule has 0 aromatic heterocycles. The summed E-state index contributed by atoms with van der Waals surface area (Å²) in [6.45, 7) is 5.04.